The molecule has 96 valence electrons. The van der Waals surface area contributed by atoms with Gasteiger partial charge < -0.3 is 10.2 Å². The van der Waals surface area contributed by atoms with Crippen molar-refractivity contribution in [2.24, 2.45) is 0 Å². The summed E-state index contributed by atoms with van der Waals surface area (Å²) in [6.45, 7) is 5.42. The Hall–Kier alpha value is -1.62. The zero-order valence-electron chi connectivity index (χ0n) is 10.7. The van der Waals surface area contributed by atoms with Crippen LogP contribution in [0.25, 0.3) is 5.52 Å². The summed E-state index contributed by atoms with van der Waals surface area (Å²) in [4.78, 5) is 7.01. The van der Waals surface area contributed by atoms with Gasteiger partial charge in [0.15, 0.2) is 5.82 Å². The first kappa shape index (κ1) is 11.5. The van der Waals surface area contributed by atoms with E-state index in [1.54, 1.807) is 0 Å². The van der Waals surface area contributed by atoms with E-state index in [1.807, 2.05) is 29.2 Å². The summed E-state index contributed by atoms with van der Waals surface area (Å²) >= 11 is 0. The van der Waals surface area contributed by atoms with Crippen LogP contribution in [0.5, 0.6) is 0 Å². The molecule has 0 spiro atoms. The maximum Gasteiger partial charge on any atom is 0.154 e. The monoisotopic (exact) mass is 245 g/mol. The van der Waals surface area contributed by atoms with Crippen molar-refractivity contribution in [1.29, 1.82) is 0 Å². The highest BCUT2D eigenvalue weighted by atomic mass is 15.3. The number of hydrogen-bond donors (Lipinski definition) is 1. The third kappa shape index (κ3) is 1.95. The number of nitrogens with one attached hydrogen (secondary N) is 1. The number of anilines is 1. The van der Waals surface area contributed by atoms with Crippen molar-refractivity contribution in [3.05, 3.63) is 24.7 Å². The Morgan fingerprint density at radius 1 is 1.50 bits per heavy atom. The highest BCUT2D eigenvalue weighted by molar-refractivity contribution is 5.68. The van der Waals surface area contributed by atoms with E-state index in [-0.39, 0.29) is 0 Å². The average molecular weight is 245 g/mol. The van der Waals surface area contributed by atoms with Crippen LogP contribution >= 0.6 is 0 Å². The van der Waals surface area contributed by atoms with Gasteiger partial charge in [0, 0.05) is 31.5 Å². The van der Waals surface area contributed by atoms with Crippen molar-refractivity contribution in [1.82, 2.24) is 19.9 Å². The molecule has 3 rings (SSSR count). The quantitative estimate of drug-likeness (QED) is 0.882. The van der Waals surface area contributed by atoms with E-state index < -0.39 is 0 Å². The first-order valence-corrected chi connectivity index (χ1v) is 6.66. The molecule has 0 bridgehead atoms. The molecule has 1 N–H and O–H groups in total. The summed E-state index contributed by atoms with van der Waals surface area (Å²) in [5, 5.41) is 7.71. The Kier molecular flexibility index (Phi) is 3.15. The lowest BCUT2D eigenvalue weighted by Crippen LogP contribution is -2.38. The van der Waals surface area contributed by atoms with E-state index in [9.17, 15) is 0 Å². The van der Waals surface area contributed by atoms with E-state index in [0.717, 1.165) is 37.4 Å². The Morgan fingerprint density at radius 2 is 2.44 bits per heavy atom. The van der Waals surface area contributed by atoms with E-state index in [4.69, 9.17) is 0 Å². The second kappa shape index (κ2) is 4.94. The summed E-state index contributed by atoms with van der Waals surface area (Å²) in [5.74, 6) is 1.06. The first-order chi connectivity index (χ1) is 8.90. The number of rotatable bonds is 4. The smallest absolute Gasteiger partial charge is 0.154 e. The third-order valence-corrected chi connectivity index (χ3v) is 3.52. The van der Waals surface area contributed by atoms with Gasteiger partial charge in [-0.15, -0.1) is 0 Å². The fraction of sp³-hybridized carbons (Fsp3) is 0.538. The van der Waals surface area contributed by atoms with Gasteiger partial charge in [-0.1, -0.05) is 6.92 Å². The normalized spacial score (nSPS) is 19.5. The first-order valence-electron chi connectivity index (χ1n) is 6.66. The minimum atomic E-state index is 0.554. The lowest BCUT2D eigenvalue weighted by atomic mass is 10.2. The number of hydrogen-bond acceptors (Lipinski definition) is 4. The van der Waals surface area contributed by atoms with E-state index in [0.29, 0.717) is 6.04 Å². The molecule has 5 heteroatoms. The van der Waals surface area contributed by atoms with Crippen LogP contribution < -0.4 is 10.2 Å². The van der Waals surface area contributed by atoms with Crippen molar-refractivity contribution in [3.8, 4) is 0 Å². The molecule has 0 aliphatic carbocycles. The van der Waals surface area contributed by atoms with Gasteiger partial charge in [0.1, 0.15) is 5.52 Å². The molecule has 1 unspecified atom stereocenters. The van der Waals surface area contributed by atoms with Gasteiger partial charge in [-0.3, -0.25) is 0 Å². The van der Waals surface area contributed by atoms with Crippen LogP contribution in [0.2, 0.25) is 0 Å². The summed E-state index contributed by atoms with van der Waals surface area (Å²) in [7, 11) is 0. The molecule has 1 saturated heterocycles. The fourth-order valence-electron chi connectivity index (χ4n) is 2.67. The molecular weight excluding hydrogens is 226 g/mol. The van der Waals surface area contributed by atoms with Crippen molar-refractivity contribution in [2.45, 2.75) is 25.8 Å². The molecule has 0 amide bonds. The Bertz CT molecular complexity index is 515. The second-order valence-electron chi connectivity index (χ2n) is 4.75. The zero-order valence-corrected chi connectivity index (χ0v) is 10.7. The van der Waals surface area contributed by atoms with Crippen molar-refractivity contribution < 1.29 is 0 Å². The topological polar surface area (TPSA) is 45.5 Å². The number of fused-ring (bicyclic) bond motifs is 1. The van der Waals surface area contributed by atoms with E-state index in [1.165, 1.54) is 6.42 Å². The predicted octanol–water partition coefficient (Wildman–Crippen LogP) is 1.31. The van der Waals surface area contributed by atoms with Gasteiger partial charge in [0.05, 0.1) is 6.20 Å². The fourth-order valence-corrected chi connectivity index (χ4v) is 2.67. The summed E-state index contributed by atoms with van der Waals surface area (Å²) in [6.07, 6.45) is 7.89. The summed E-state index contributed by atoms with van der Waals surface area (Å²) in [5.41, 5.74) is 1.10. The summed E-state index contributed by atoms with van der Waals surface area (Å²) in [6, 6.07) is 2.59. The van der Waals surface area contributed by atoms with Crippen molar-refractivity contribution in [2.75, 3.05) is 24.5 Å². The predicted molar refractivity (Wildman–Crippen MR) is 71.9 cm³/mol. The highest BCUT2D eigenvalue weighted by Crippen LogP contribution is 2.23. The van der Waals surface area contributed by atoms with Crippen LogP contribution in [0, 0.1) is 0 Å². The molecular formula is C13H19N5. The molecule has 18 heavy (non-hydrogen) atoms. The van der Waals surface area contributed by atoms with Gasteiger partial charge >= 0.3 is 0 Å². The maximum absolute atomic E-state index is 4.58. The van der Waals surface area contributed by atoms with Gasteiger partial charge in [0.2, 0.25) is 0 Å². The lowest BCUT2D eigenvalue weighted by molar-refractivity contribution is 0.618. The Labute approximate surface area is 107 Å². The average Bonchev–Trinajstić information content (AvgIpc) is 3.06. The largest absolute Gasteiger partial charge is 0.351 e. The van der Waals surface area contributed by atoms with Gasteiger partial charge in [0.25, 0.3) is 0 Å². The minimum Gasteiger partial charge on any atom is -0.351 e. The minimum absolute atomic E-state index is 0.554. The van der Waals surface area contributed by atoms with Crippen LogP contribution in [-0.4, -0.2) is 40.3 Å². The number of nitrogens with zero attached hydrogens (tertiary/aromatic N) is 4. The highest BCUT2D eigenvalue weighted by Gasteiger charge is 2.24. The van der Waals surface area contributed by atoms with Gasteiger partial charge in [-0.25, -0.2) is 9.50 Å². The molecule has 1 fully saturated rings. The van der Waals surface area contributed by atoms with Gasteiger partial charge in [-0.2, -0.15) is 5.10 Å². The standard InChI is InChI=1S/C13H19N5/c1-2-8-17(11-3-5-14-10-11)13-12-4-6-16-18(12)9-7-15-13/h4,6-7,9,11,14H,2-3,5,8,10H2,1H3. The van der Waals surface area contributed by atoms with Crippen molar-refractivity contribution >= 4 is 11.3 Å². The van der Waals surface area contributed by atoms with Crippen LogP contribution in [0.3, 0.4) is 0 Å². The Morgan fingerprint density at radius 3 is 3.22 bits per heavy atom. The van der Waals surface area contributed by atoms with Crippen LogP contribution in [0.15, 0.2) is 24.7 Å². The molecule has 0 saturated carbocycles. The SMILES string of the molecule is CCCN(c1nccn2nccc12)C1CCNC1. The molecule has 2 aromatic heterocycles. The molecule has 0 radical (unpaired) electrons. The zero-order chi connectivity index (χ0) is 12.4. The molecule has 1 atom stereocenters. The second-order valence-corrected chi connectivity index (χ2v) is 4.75. The van der Waals surface area contributed by atoms with Crippen molar-refractivity contribution in [3.63, 3.8) is 0 Å². The van der Waals surface area contributed by atoms with E-state index in [2.05, 4.69) is 27.2 Å². The van der Waals surface area contributed by atoms with E-state index >= 15 is 0 Å². The molecule has 0 aromatic carbocycles. The Balaban J connectivity index is 2.00. The number of aromatic nitrogens is 3. The molecule has 1 aliphatic rings. The summed E-state index contributed by atoms with van der Waals surface area (Å²) < 4.78 is 1.90. The van der Waals surface area contributed by atoms with Crippen LogP contribution in [0.1, 0.15) is 19.8 Å². The molecule has 3 heterocycles. The third-order valence-electron chi connectivity index (χ3n) is 3.52. The lowest BCUT2D eigenvalue weighted by Gasteiger charge is -2.29. The van der Waals surface area contributed by atoms with Gasteiger partial charge in [-0.05, 0) is 25.5 Å². The van der Waals surface area contributed by atoms with Crippen LogP contribution in [-0.2, 0) is 0 Å². The molecule has 1 aliphatic heterocycles. The van der Waals surface area contributed by atoms with Crippen LogP contribution in [0.4, 0.5) is 5.82 Å². The maximum atomic E-state index is 4.58. The molecule has 2 aromatic rings. The molecule has 5 nitrogen and oxygen atoms in total.